The summed E-state index contributed by atoms with van der Waals surface area (Å²) in [5, 5.41) is 3.09. The number of rotatable bonds is 4. The van der Waals surface area contributed by atoms with Gasteiger partial charge in [0.2, 0.25) is 0 Å². The molecule has 112 valence electrons. The summed E-state index contributed by atoms with van der Waals surface area (Å²) in [5.74, 6) is -3.05. The molecule has 6 heteroatoms. The monoisotopic (exact) mass is 421 g/mol. The van der Waals surface area contributed by atoms with Crippen LogP contribution in [0.5, 0.6) is 0 Å². The Hall–Kier alpha value is -0.850. The number of hydrogen-bond donors (Lipinski definition) is 1. The van der Waals surface area contributed by atoms with Crippen LogP contribution in [0.4, 0.5) is 13.2 Å². The van der Waals surface area contributed by atoms with Crippen LogP contribution >= 0.6 is 31.9 Å². The summed E-state index contributed by atoms with van der Waals surface area (Å²) in [6.07, 6.45) is 0. The third kappa shape index (κ3) is 3.67. The normalized spacial score (nSPS) is 12.5. The molecule has 0 spiro atoms. The van der Waals surface area contributed by atoms with Crippen LogP contribution in [0.25, 0.3) is 0 Å². The topological polar surface area (TPSA) is 12.0 Å². The summed E-state index contributed by atoms with van der Waals surface area (Å²) in [6.45, 7) is 2.40. The van der Waals surface area contributed by atoms with Crippen molar-refractivity contribution in [3.63, 3.8) is 0 Å². The Balaban J connectivity index is 2.58. The van der Waals surface area contributed by atoms with E-state index in [0.717, 1.165) is 20.6 Å². The molecule has 0 radical (unpaired) electrons. The smallest absolute Gasteiger partial charge is 0.161 e. The van der Waals surface area contributed by atoms with Crippen LogP contribution in [0.1, 0.15) is 24.1 Å². The molecule has 0 aliphatic heterocycles. The summed E-state index contributed by atoms with van der Waals surface area (Å²) < 4.78 is 42.2. The zero-order chi connectivity index (χ0) is 15.6. The van der Waals surface area contributed by atoms with Gasteiger partial charge >= 0.3 is 0 Å². The van der Waals surface area contributed by atoms with E-state index in [1.54, 1.807) is 6.07 Å². The zero-order valence-corrected chi connectivity index (χ0v) is 14.2. The molecule has 0 saturated carbocycles. The fourth-order valence-electron chi connectivity index (χ4n) is 2.09. The summed E-state index contributed by atoms with van der Waals surface area (Å²) in [7, 11) is 0. The molecule has 0 aromatic heterocycles. The Morgan fingerprint density at radius 3 is 2.29 bits per heavy atom. The predicted molar refractivity (Wildman–Crippen MR) is 83.7 cm³/mol. The number of halogens is 5. The highest BCUT2D eigenvalue weighted by atomic mass is 79.9. The first kappa shape index (κ1) is 16.5. The Morgan fingerprint density at radius 2 is 1.62 bits per heavy atom. The SMILES string of the molecule is CCNC(c1cc(F)c(F)cc1F)c1cc(Br)ccc1Br. The third-order valence-electron chi connectivity index (χ3n) is 3.03. The van der Waals surface area contributed by atoms with Crippen LogP contribution in [-0.2, 0) is 0 Å². The van der Waals surface area contributed by atoms with Crippen molar-refractivity contribution < 1.29 is 13.2 Å². The highest BCUT2D eigenvalue weighted by Gasteiger charge is 2.22. The van der Waals surface area contributed by atoms with E-state index in [1.165, 1.54) is 0 Å². The van der Waals surface area contributed by atoms with E-state index in [9.17, 15) is 13.2 Å². The summed E-state index contributed by atoms with van der Waals surface area (Å²) >= 11 is 6.76. The molecule has 0 aliphatic carbocycles. The first-order valence-electron chi connectivity index (χ1n) is 6.26. The molecule has 0 aliphatic rings. The van der Waals surface area contributed by atoms with E-state index in [0.29, 0.717) is 12.6 Å². The van der Waals surface area contributed by atoms with Crippen LogP contribution in [0.15, 0.2) is 39.3 Å². The molecule has 0 bridgehead atoms. The summed E-state index contributed by atoms with van der Waals surface area (Å²) in [6, 6.07) is 6.32. The van der Waals surface area contributed by atoms with Crippen LogP contribution < -0.4 is 5.32 Å². The highest BCUT2D eigenvalue weighted by molar-refractivity contribution is 9.11. The molecule has 2 rings (SSSR count). The lowest BCUT2D eigenvalue weighted by atomic mass is 9.98. The fourth-order valence-corrected chi connectivity index (χ4v) is 2.94. The lowest BCUT2D eigenvalue weighted by Crippen LogP contribution is -2.23. The first-order chi connectivity index (χ1) is 9.93. The molecule has 1 atom stereocenters. The van der Waals surface area contributed by atoms with Crippen molar-refractivity contribution in [2.45, 2.75) is 13.0 Å². The van der Waals surface area contributed by atoms with Crippen molar-refractivity contribution in [1.82, 2.24) is 5.32 Å². The third-order valence-corrected chi connectivity index (χ3v) is 4.24. The van der Waals surface area contributed by atoms with Crippen LogP contribution in [0.2, 0.25) is 0 Å². The Labute approximate surface area is 137 Å². The van der Waals surface area contributed by atoms with Crippen molar-refractivity contribution in [3.05, 3.63) is 67.9 Å². The maximum absolute atomic E-state index is 14.0. The van der Waals surface area contributed by atoms with Crippen LogP contribution in [0, 0.1) is 17.5 Å². The van der Waals surface area contributed by atoms with Gasteiger partial charge in [-0.3, -0.25) is 0 Å². The molecule has 21 heavy (non-hydrogen) atoms. The van der Waals surface area contributed by atoms with Gasteiger partial charge in [0.15, 0.2) is 11.6 Å². The van der Waals surface area contributed by atoms with Crippen molar-refractivity contribution in [2.75, 3.05) is 6.54 Å². The van der Waals surface area contributed by atoms with Gasteiger partial charge in [0.05, 0.1) is 6.04 Å². The number of hydrogen-bond acceptors (Lipinski definition) is 1. The minimum Gasteiger partial charge on any atom is -0.306 e. The predicted octanol–water partition coefficient (Wildman–Crippen LogP) is 5.33. The van der Waals surface area contributed by atoms with Gasteiger partial charge in [0.1, 0.15) is 5.82 Å². The van der Waals surface area contributed by atoms with Crippen molar-refractivity contribution in [2.24, 2.45) is 0 Å². The van der Waals surface area contributed by atoms with Gasteiger partial charge in [-0.15, -0.1) is 0 Å². The molecule has 0 heterocycles. The van der Waals surface area contributed by atoms with Gasteiger partial charge in [-0.2, -0.15) is 0 Å². The second-order valence-corrected chi connectivity index (χ2v) is 6.21. The van der Waals surface area contributed by atoms with Crippen molar-refractivity contribution in [3.8, 4) is 0 Å². The Kier molecular flexibility index (Phi) is 5.46. The molecule has 0 fully saturated rings. The van der Waals surface area contributed by atoms with Crippen molar-refractivity contribution >= 4 is 31.9 Å². The maximum atomic E-state index is 14.0. The van der Waals surface area contributed by atoms with E-state index in [1.807, 2.05) is 19.1 Å². The molecule has 1 N–H and O–H groups in total. The molecule has 0 saturated heterocycles. The van der Waals surface area contributed by atoms with E-state index < -0.39 is 23.5 Å². The molecule has 1 nitrogen and oxygen atoms in total. The second-order valence-electron chi connectivity index (χ2n) is 4.44. The molecule has 2 aromatic rings. The minimum atomic E-state index is -1.19. The Bertz CT molecular complexity index is 662. The average Bonchev–Trinajstić information content (AvgIpc) is 2.43. The standard InChI is InChI=1S/C15H12Br2F3N/c1-2-21-15(9-5-8(16)3-4-11(9)17)10-6-13(19)14(20)7-12(10)18/h3-7,15,21H,2H2,1H3. The maximum Gasteiger partial charge on any atom is 0.161 e. The number of nitrogens with one attached hydrogen (secondary N) is 1. The lowest BCUT2D eigenvalue weighted by molar-refractivity contribution is 0.481. The van der Waals surface area contributed by atoms with E-state index >= 15 is 0 Å². The minimum absolute atomic E-state index is 0.0644. The highest BCUT2D eigenvalue weighted by Crippen LogP contribution is 2.33. The lowest BCUT2D eigenvalue weighted by Gasteiger charge is -2.21. The van der Waals surface area contributed by atoms with Gasteiger partial charge in [-0.05, 0) is 36.4 Å². The van der Waals surface area contributed by atoms with E-state index in [4.69, 9.17) is 0 Å². The molecular weight excluding hydrogens is 411 g/mol. The fraction of sp³-hybridized carbons (Fsp3) is 0.200. The summed E-state index contributed by atoms with van der Waals surface area (Å²) in [4.78, 5) is 0. The number of benzene rings is 2. The van der Waals surface area contributed by atoms with Gasteiger partial charge in [-0.1, -0.05) is 38.8 Å². The van der Waals surface area contributed by atoms with E-state index in [2.05, 4.69) is 37.2 Å². The molecular formula is C15H12Br2F3N. The van der Waals surface area contributed by atoms with Crippen molar-refractivity contribution in [1.29, 1.82) is 0 Å². The van der Waals surface area contributed by atoms with E-state index in [-0.39, 0.29) is 5.56 Å². The molecule has 1 unspecified atom stereocenters. The second kappa shape index (κ2) is 6.94. The van der Waals surface area contributed by atoms with Gasteiger partial charge in [0.25, 0.3) is 0 Å². The van der Waals surface area contributed by atoms with Crippen LogP contribution in [-0.4, -0.2) is 6.54 Å². The Morgan fingerprint density at radius 1 is 0.952 bits per heavy atom. The van der Waals surface area contributed by atoms with Gasteiger partial charge < -0.3 is 5.32 Å². The largest absolute Gasteiger partial charge is 0.306 e. The molecule has 2 aromatic carbocycles. The molecule has 0 amide bonds. The van der Waals surface area contributed by atoms with Gasteiger partial charge in [0, 0.05) is 20.6 Å². The average molecular weight is 423 g/mol. The zero-order valence-electron chi connectivity index (χ0n) is 11.1. The quantitative estimate of drug-likeness (QED) is 0.656. The van der Waals surface area contributed by atoms with Crippen LogP contribution in [0.3, 0.4) is 0 Å². The first-order valence-corrected chi connectivity index (χ1v) is 7.85. The van der Waals surface area contributed by atoms with Gasteiger partial charge in [-0.25, -0.2) is 13.2 Å². The summed E-state index contributed by atoms with van der Waals surface area (Å²) in [5.41, 5.74) is 0.797.